The van der Waals surface area contributed by atoms with E-state index in [1.807, 2.05) is 0 Å². The number of nitrogens with one attached hydrogen (secondary N) is 1. The molecule has 1 heterocycles. The first-order chi connectivity index (χ1) is 6.74. The summed E-state index contributed by atoms with van der Waals surface area (Å²) in [4.78, 5) is 11.3. The van der Waals surface area contributed by atoms with Crippen LogP contribution in [0.4, 0.5) is 0 Å². The molecule has 0 aliphatic rings. The van der Waals surface area contributed by atoms with Crippen LogP contribution in [0.2, 0.25) is 0 Å². The molecule has 1 aromatic heterocycles. The van der Waals surface area contributed by atoms with Crippen LogP contribution in [0.1, 0.15) is 16.2 Å². The minimum Gasteiger partial charge on any atom is -0.351 e. The number of halogens is 1. The lowest BCUT2D eigenvalue weighted by Crippen LogP contribution is -2.22. The number of aromatic nitrogens is 1. The number of hydrogen-bond acceptors (Lipinski definition) is 3. The number of aryl methyl sites for hydroxylation is 1. The van der Waals surface area contributed by atoms with E-state index in [-0.39, 0.29) is 11.7 Å². The van der Waals surface area contributed by atoms with Crippen molar-refractivity contribution in [1.82, 2.24) is 10.5 Å². The summed E-state index contributed by atoms with van der Waals surface area (Å²) >= 11 is 5.41. The molecule has 0 saturated heterocycles. The van der Waals surface area contributed by atoms with E-state index in [2.05, 4.69) is 10.5 Å². The number of amides is 1. The summed E-state index contributed by atoms with van der Waals surface area (Å²) in [5, 5.41) is 6.24. The van der Waals surface area contributed by atoms with Gasteiger partial charge in [0, 0.05) is 18.5 Å². The molecule has 4 nitrogen and oxygen atoms in total. The second kappa shape index (κ2) is 5.44. The molecule has 0 aromatic carbocycles. The molecule has 1 N–H and O–H groups in total. The first-order valence-corrected chi connectivity index (χ1v) is 4.70. The maximum absolute atomic E-state index is 11.3. The molecule has 0 saturated carbocycles. The van der Waals surface area contributed by atoms with Gasteiger partial charge in [-0.1, -0.05) is 17.3 Å². The van der Waals surface area contributed by atoms with Gasteiger partial charge in [0.05, 0.1) is 5.69 Å². The summed E-state index contributed by atoms with van der Waals surface area (Å²) < 4.78 is 4.77. The molecule has 0 aliphatic heterocycles. The van der Waals surface area contributed by atoms with E-state index in [1.165, 1.54) is 0 Å². The van der Waals surface area contributed by atoms with Crippen LogP contribution in [-0.2, 0) is 0 Å². The molecule has 0 aliphatic carbocycles. The van der Waals surface area contributed by atoms with Crippen molar-refractivity contribution in [3.05, 3.63) is 29.7 Å². The second-order valence-electron chi connectivity index (χ2n) is 2.67. The van der Waals surface area contributed by atoms with E-state index in [4.69, 9.17) is 16.1 Å². The number of allylic oxidation sites excluding steroid dienone is 1. The minimum absolute atomic E-state index is 0.224. The van der Waals surface area contributed by atoms with E-state index in [0.717, 1.165) is 0 Å². The molecular formula is C9H11ClN2O2. The van der Waals surface area contributed by atoms with Gasteiger partial charge < -0.3 is 9.84 Å². The van der Waals surface area contributed by atoms with Gasteiger partial charge in [-0.2, -0.15) is 0 Å². The normalized spacial score (nSPS) is 10.7. The summed E-state index contributed by atoms with van der Waals surface area (Å²) in [6.45, 7) is 2.19. The van der Waals surface area contributed by atoms with E-state index in [1.54, 1.807) is 25.1 Å². The number of hydrogen-bond donors (Lipinski definition) is 1. The summed E-state index contributed by atoms with van der Waals surface area (Å²) in [6.07, 6.45) is 3.53. The maximum Gasteiger partial charge on any atom is 0.290 e. The van der Waals surface area contributed by atoms with Crippen molar-refractivity contribution in [2.45, 2.75) is 6.92 Å². The molecular weight excluding hydrogens is 204 g/mol. The summed E-state index contributed by atoms with van der Waals surface area (Å²) in [5.41, 5.74) is 0.687. The van der Waals surface area contributed by atoms with Crippen LogP contribution in [0.25, 0.3) is 0 Å². The fourth-order valence-electron chi connectivity index (χ4n) is 0.856. The third kappa shape index (κ3) is 3.22. The molecule has 0 unspecified atom stereocenters. The summed E-state index contributed by atoms with van der Waals surface area (Å²) in [5.74, 6) is 0.392. The van der Waals surface area contributed by atoms with Gasteiger partial charge in [0.1, 0.15) is 0 Å². The average Bonchev–Trinajstić information content (AvgIpc) is 2.59. The monoisotopic (exact) mass is 214 g/mol. The van der Waals surface area contributed by atoms with E-state index >= 15 is 0 Å². The van der Waals surface area contributed by atoms with Crippen molar-refractivity contribution in [2.24, 2.45) is 0 Å². The van der Waals surface area contributed by atoms with Gasteiger partial charge >= 0.3 is 0 Å². The number of nitrogens with zero attached hydrogens (tertiary/aromatic N) is 1. The van der Waals surface area contributed by atoms with Crippen molar-refractivity contribution >= 4 is 17.5 Å². The molecule has 0 radical (unpaired) electrons. The van der Waals surface area contributed by atoms with Crippen molar-refractivity contribution in [1.29, 1.82) is 0 Å². The van der Waals surface area contributed by atoms with Crippen LogP contribution >= 0.6 is 11.6 Å². The van der Waals surface area contributed by atoms with Gasteiger partial charge in [-0.15, -0.1) is 11.6 Å². The number of carbonyl (C=O) groups is 1. The predicted molar refractivity (Wildman–Crippen MR) is 53.4 cm³/mol. The minimum atomic E-state index is -0.273. The first kappa shape index (κ1) is 10.8. The zero-order valence-electron chi connectivity index (χ0n) is 7.79. The quantitative estimate of drug-likeness (QED) is 0.611. The molecule has 1 aromatic rings. The third-order valence-corrected chi connectivity index (χ3v) is 1.67. The van der Waals surface area contributed by atoms with Gasteiger partial charge in [-0.25, -0.2) is 0 Å². The maximum atomic E-state index is 11.3. The Kier molecular flexibility index (Phi) is 4.19. The Labute approximate surface area is 86.9 Å². The van der Waals surface area contributed by atoms with Crippen LogP contribution < -0.4 is 5.32 Å². The lowest BCUT2D eigenvalue weighted by molar-refractivity contribution is 0.0921. The highest BCUT2D eigenvalue weighted by Gasteiger charge is 2.09. The van der Waals surface area contributed by atoms with E-state index < -0.39 is 0 Å². The van der Waals surface area contributed by atoms with Crippen LogP contribution in [0.5, 0.6) is 0 Å². The number of alkyl halides is 1. The van der Waals surface area contributed by atoms with Crippen molar-refractivity contribution in [2.75, 3.05) is 12.4 Å². The molecule has 1 amide bonds. The molecule has 0 spiro atoms. The predicted octanol–water partition coefficient (Wildman–Crippen LogP) is 1.51. The fraction of sp³-hybridized carbons (Fsp3) is 0.333. The zero-order chi connectivity index (χ0) is 10.4. The van der Waals surface area contributed by atoms with Gasteiger partial charge in [0.2, 0.25) is 5.76 Å². The lowest BCUT2D eigenvalue weighted by atomic mass is 10.3. The van der Waals surface area contributed by atoms with Gasteiger partial charge in [0.25, 0.3) is 5.91 Å². The largest absolute Gasteiger partial charge is 0.351 e. The van der Waals surface area contributed by atoms with Crippen molar-refractivity contribution < 1.29 is 9.32 Å². The molecule has 0 atom stereocenters. The second-order valence-corrected chi connectivity index (χ2v) is 2.98. The molecule has 14 heavy (non-hydrogen) atoms. The third-order valence-electron chi connectivity index (χ3n) is 1.49. The zero-order valence-corrected chi connectivity index (χ0v) is 8.54. The van der Waals surface area contributed by atoms with Crippen molar-refractivity contribution in [3.8, 4) is 0 Å². The SMILES string of the molecule is Cc1cc(C(=O)NC/C=C/CCl)on1. The van der Waals surface area contributed by atoms with Crippen LogP contribution in [0, 0.1) is 6.92 Å². The summed E-state index contributed by atoms with van der Waals surface area (Å²) in [6, 6.07) is 1.58. The van der Waals surface area contributed by atoms with Crippen LogP contribution in [0.3, 0.4) is 0 Å². The molecule has 0 fully saturated rings. The molecule has 0 bridgehead atoms. The molecule has 1 rings (SSSR count). The Bertz CT molecular complexity index is 333. The first-order valence-electron chi connectivity index (χ1n) is 4.16. The number of carbonyl (C=O) groups excluding carboxylic acids is 1. The smallest absolute Gasteiger partial charge is 0.290 e. The van der Waals surface area contributed by atoms with Crippen LogP contribution in [-0.4, -0.2) is 23.5 Å². The Morgan fingerprint density at radius 3 is 3.07 bits per heavy atom. The van der Waals surface area contributed by atoms with E-state index in [9.17, 15) is 4.79 Å². The topological polar surface area (TPSA) is 55.1 Å². The molecule has 5 heteroatoms. The Morgan fingerprint density at radius 2 is 2.50 bits per heavy atom. The Morgan fingerprint density at radius 1 is 1.71 bits per heavy atom. The van der Waals surface area contributed by atoms with Gasteiger partial charge in [-0.05, 0) is 6.92 Å². The van der Waals surface area contributed by atoms with E-state index in [0.29, 0.717) is 18.1 Å². The highest BCUT2D eigenvalue weighted by molar-refractivity contribution is 6.18. The van der Waals surface area contributed by atoms with Crippen molar-refractivity contribution in [3.63, 3.8) is 0 Å². The Balaban J connectivity index is 2.39. The highest BCUT2D eigenvalue weighted by atomic mass is 35.5. The van der Waals surface area contributed by atoms with Gasteiger partial charge in [0.15, 0.2) is 0 Å². The Hall–Kier alpha value is -1.29. The van der Waals surface area contributed by atoms with Gasteiger partial charge in [-0.3, -0.25) is 4.79 Å². The fourth-order valence-corrected chi connectivity index (χ4v) is 0.982. The lowest BCUT2D eigenvalue weighted by Gasteiger charge is -1.96. The summed E-state index contributed by atoms with van der Waals surface area (Å²) in [7, 11) is 0. The number of rotatable bonds is 4. The highest BCUT2D eigenvalue weighted by Crippen LogP contribution is 2.00. The van der Waals surface area contributed by atoms with Crippen LogP contribution in [0.15, 0.2) is 22.7 Å². The standard InChI is InChI=1S/C9H11ClN2O2/c1-7-6-8(14-12-7)9(13)11-5-3-2-4-10/h2-3,6H,4-5H2,1H3,(H,11,13)/b3-2+. The average molecular weight is 215 g/mol. The molecule has 76 valence electrons.